The molecule has 0 aliphatic heterocycles. The quantitative estimate of drug-likeness (QED) is 0.339. The Labute approximate surface area is 158 Å². The third-order valence-corrected chi connectivity index (χ3v) is 5.04. The lowest BCUT2D eigenvalue weighted by Crippen LogP contribution is -2.43. The second-order valence-electron chi connectivity index (χ2n) is 5.77. The number of ketones is 1. The summed E-state index contributed by atoms with van der Waals surface area (Å²) in [6.07, 6.45) is -6.04. The summed E-state index contributed by atoms with van der Waals surface area (Å²) in [7, 11) is 0. The fourth-order valence-electron chi connectivity index (χ4n) is 2.45. The first-order chi connectivity index (χ1) is 13.0. The van der Waals surface area contributed by atoms with Crippen molar-refractivity contribution in [2.75, 3.05) is 0 Å². The largest absolute Gasteiger partial charge is 0.461 e. The van der Waals surface area contributed by atoms with Crippen LogP contribution in [0, 0.1) is 11.6 Å². The Kier molecular flexibility index (Phi) is 5.05. The smallest absolute Gasteiger partial charge is 0.286 e. The number of benzene rings is 2. The summed E-state index contributed by atoms with van der Waals surface area (Å²) in [5.41, 5.74) is 0.754. The van der Waals surface area contributed by atoms with Crippen LogP contribution in [0.4, 0.5) is 30.7 Å². The molecule has 1 nitrogen and oxygen atoms in total. The first-order valence-electron chi connectivity index (χ1n) is 7.66. The van der Waals surface area contributed by atoms with Crippen LogP contribution in [0.2, 0.25) is 0 Å². The van der Waals surface area contributed by atoms with Gasteiger partial charge in [0, 0.05) is 10.4 Å². The van der Waals surface area contributed by atoms with Gasteiger partial charge in [-0.05, 0) is 41.5 Å². The number of hydrogen-bond acceptors (Lipinski definition) is 2. The predicted molar refractivity (Wildman–Crippen MR) is 90.4 cm³/mol. The van der Waals surface area contributed by atoms with E-state index in [-0.39, 0.29) is 10.4 Å². The zero-order chi connectivity index (χ0) is 20.7. The predicted octanol–water partition coefficient (Wildman–Crippen LogP) is 6.74. The van der Waals surface area contributed by atoms with Crippen molar-refractivity contribution in [2.45, 2.75) is 12.1 Å². The van der Waals surface area contributed by atoms with Crippen LogP contribution in [0.1, 0.15) is 9.67 Å². The second kappa shape index (κ2) is 7.05. The molecule has 0 amide bonds. The van der Waals surface area contributed by atoms with Crippen LogP contribution in [-0.2, 0) is 0 Å². The molecule has 0 atom stereocenters. The zero-order valence-electron chi connectivity index (χ0n) is 13.7. The van der Waals surface area contributed by atoms with E-state index in [2.05, 4.69) is 0 Å². The molecule has 1 heterocycles. The molecule has 28 heavy (non-hydrogen) atoms. The maximum Gasteiger partial charge on any atom is 0.461 e. The Hall–Kier alpha value is -2.68. The SMILES string of the molecule is O=C(c1cc(-c2ccc(F)cc2)c(-c2ccc(F)cc2)s1)C(F)(F)C(F)(F)F. The molecule has 9 heteroatoms. The van der Waals surface area contributed by atoms with Crippen molar-refractivity contribution in [3.05, 3.63) is 71.1 Å². The van der Waals surface area contributed by atoms with Gasteiger partial charge in [0.05, 0.1) is 4.88 Å². The van der Waals surface area contributed by atoms with Crippen LogP contribution in [-0.4, -0.2) is 17.9 Å². The lowest BCUT2D eigenvalue weighted by Gasteiger charge is -2.17. The molecule has 0 unspecified atom stereocenters. The fourth-order valence-corrected chi connectivity index (χ4v) is 3.60. The minimum absolute atomic E-state index is 0.151. The number of carbonyl (C=O) groups excluding carboxylic acids is 1. The highest BCUT2D eigenvalue weighted by Gasteiger charge is 2.63. The molecular formula is C19H9F7OS. The number of thiophene rings is 1. The molecule has 0 aliphatic rings. The van der Waals surface area contributed by atoms with Gasteiger partial charge in [0.15, 0.2) is 0 Å². The maximum atomic E-state index is 13.5. The van der Waals surface area contributed by atoms with Gasteiger partial charge in [-0.3, -0.25) is 4.79 Å². The van der Waals surface area contributed by atoms with Crippen molar-refractivity contribution in [2.24, 2.45) is 0 Å². The highest BCUT2D eigenvalue weighted by atomic mass is 32.1. The fraction of sp³-hybridized carbons (Fsp3) is 0.105. The van der Waals surface area contributed by atoms with Crippen molar-refractivity contribution in [1.29, 1.82) is 0 Å². The van der Waals surface area contributed by atoms with E-state index < -0.39 is 34.4 Å². The molecule has 0 aliphatic carbocycles. The van der Waals surface area contributed by atoms with E-state index in [1.54, 1.807) is 0 Å². The lowest BCUT2D eigenvalue weighted by atomic mass is 10.0. The van der Waals surface area contributed by atoms with Crippen molar-refractivity contribution in [3.8, 4) is 21.6 Å². The topological polar surface area (TPSA) is 17.1 Å². The van der Waals surface area contributed by atoms with Gasteiger partial charge in [-0.2, -0.15) is 22.0 Å². The van der Waals surface area contributed by atoms with Gasteiger partial charge < -0.3 is 0 Å². The van der Waals surface area contributed by atoms with E-state index in [9.17, 15) is 35.5 Å². The molecule has 0 saturated carbocycles. The Morgan fingerprint density at radius 3 is 1.68 bits per heavy atom. The summed E-state index contributed by atoms with van der Waals surface area (Å²) in [6.45, 7) is 0. The number of alkyl halides is 5. The average molecular weight is 418 g/mol. The molecule has 3 rings (SSSR count). The summed E-state index contributed by atoms with van der Waals surface area (Å²) >= 11 is 0.423. The van der Waals surface area contributed by atoms with Crippen molar-refractivity contribution in [1.82, 2.24) is 0 Å². The monoisotopic (exact) mass is 418 g/mol. The third kappa shape index (κ3) is 3.66. The zero-order valence-corrected chi connectivity index (χ0v) is 14.5. The summed E-state index contributed by atoms with van der Waals surface area (Å²) in [5, 5.41) is 0. The van der Waals surface area contributed by atoms with Crippen LogP contribution in [0.25, 0.3) is 21.6 Å². The van der Waals surface area contributed by atoms with Crippen LogP contribution < -0.4 is 0 Å². The molecule has 0 saturated heterocycles. The van der Waals surface area contributed by atoms with Gasteiger partial charge in [0.2, 0.25) is 0 Å². The van der Waals surface area contributed by atoms with Crippen molar-refractivity contribution in [3.63, 3.8) is 0 Å². The average Bonchev–Trinajstić information content (AvgIpc) is 3.06. The van der Waals surface area contributed by atoms with Gasteiger partial charge in [-0.15, -0.1) is 11.3 Å². The Morgan fingerprint density at radius 2 is 1.21 bits per heavy atom. The van der Waals surface area contributed by atoms with E-state index in [0.717, 1.165) is 30.3 Å². The standard InChI is InChI=1S/C19H9F7OS/c20-12-5-1-10(2-6-12)14-9-15(17(27)18(22,23)19(24,25)26)28-16(14)11-3-7-13(21)8-4-11/h1-9H. The number of hydrogen-bond donors (Lipinski definition) is 0. The summed E-state index contributed by atoms with van der Waals surface area (Å²) in [4.78, 5) is 11.2. The molecule has 1 aromatic heterocycles. The highest BCUT2D eigenvalue weighted by molar-refractivity contribution is 7.18. The van der Waals surface area contributed by atoms with Crippen LogP contribution in [0.15, 0.2) is 54.6 Å². The number of carbonyl (C=O) groups is 1. The summed E-state index contributed by atoms with van der Waals surface area (Å²) in [6, 6.07) is 10.4. The van der Waals surface area contributed by atoms with E-state index in [1.165, 1.54) is 24.3 Å². The molecule has 0 fully saturated rings. The minimum atomic E-state index is -6.04. The van der Waals surface area contributed by atoms with Gasteiger partial charge >= 0.3 is 12.1 Å². The Balaban J connectivity index is 2.16. The van der Waals surface area contributed by atoms with E-state index in [4.69, 9.17) is 0 Å². The molecule has 0 radical (unpaired) electrons. The maximum absolute atomic E-state index is 13.5. The second-order valence-corrected chi connectivity index (χ2v) is 6.82. The van der Waals surface area contributed by atoms with E-state index in [1.807, 2.05) is 0 Å². The molecule has 0 N–H and O–H groups in total. The van der Waals surface area contributed by atoms with Gasteiger partial charge in [0.25, 0.3) is 5.78 Å². The summed E-state index contributed by atoms with van der Waals surface area (Å²) < 4.78 is 91.0. The first-order valence-corrected chi connectivity index (χ1v) is 8.47. The van der Waals surface area contributed by atoms with Crippen LogP contribution >= 0.6 is 11.3 Å². The van der Waals surface area contributed by atoms with Gasteiger partial charge in [0.1, 0.15) is 11.6 Å². The van der Waals surface area contributed by atoms with Crippen LogP contribution in [0.5, 0.6) is 0 Å². The van der Waals surface area contributed by atoms with Crippen LogP contribution in [0.3, 0.4) is 0 Å². The van der Waals surface area contributed by atoms with E-state index >= 15 is 0 Å². The van der Waals surface area contributed by atoms with E-state index in [0.29, 0.717) is 22.5 Å². The van der Waals surface area contributed by atoms with Crippen molar-refractivity contribution >= 4 is 17.1 Å². The number of rotatable bonds is 4. The normalized spacial score (nSPS) is 12.2. The van der Waals surface area contributed by atoms with Gasteiger partial charge in [-0.1, -0.05) is 24.3 Å². The highest BCUT2D eigenvalue weighted by Crippen LogP contribution is 2.44. The number of halogens is 7. The Bertz CT molecular complexity index is 939. The molecule has 146 valence electrons. The van der Waals surface area contributed by atoms with Crippen molar-refractivity contribution < 1.29 is 35.5 Å². The lowest BCUT2D eigenvalue weighted by molar-refractivity contribution is -0.255. The number of Topliss-reactive ketones (excluding diaryl/α,β-unsaturated/α-hetero) is 1. The molecular weight excluding hydrogens is 409 g/mol. The molecule has 3 aromatic rings. The first kappa shape index (κ1) is 20.1. The van der Waals surface area contributed by atoms with Gasteiger partial charge in [-0.25, -0.2) is 8.78 Å². The summed E-state index contributed by atoms with van der Waals surface area (Å²) in [5.74, 6) is -9.11. The molecule has 2 aromatic carbocycles. The molecule has 0 bridgehead atoms. The molecule has 0 spiro atoms. The third-order valence-electron chi connectivity index (χ3n) is 3.86. The Morgan fingerprint density at radius 1 is 0.750 bits per heavy atom. The minimum Gasteiger partial charge on any atom is -0.286 e.